The zero-order valence-electron chi connectivity index (χ0n) is 12.5. The number of fused-ring (bicyclic) bond motifs is 1. The second-order valence-corrected chi connectivity index (χ2v) is 5.65. The summed E-state index contributed by atoms with van der Waals surface area (Å²) in [7, 11) is 0. The first kappa shape index (κ1) is 14.0. The van der Waals surface area contributed by atoms with Crippen LogP contribution in [0.3, 0.4) is 0 Å². The quantitative estimate of drug-likeness (QED) is 0.782. The predicted octanol–water partition coefficient (Wildman–Crippen LogP) is 0.828. The van der Waals surface area contributed by atoms with E-state index >= 15 is 0 Å². The number of ether oxygens (including phenoxy) is 1. The number of hydrogen-bond acceptors (Lipinski definition) is 6. The van der Waals surface area contributed by atoms with Crippen molar-refractivity contribution in [3.8, 4) is 5.88 Å². The van der Waals surface area contributed by atoms with E-state index < -0.39 is 0 Å². The molecule has 0 unspecified atom stereocenters. The lowest BCUT2D eigenvalue weighted by atomic mass is 10.1. The van der Waals surface area contributed by atoms with Crippen LogP contribution in [0.5, 0.6) is 5.88 Å². The molecule has 0 amide bonds. The minimum absolute atomic E-state index is 0.0297. The highest BCUT2D eigenvalue weighted by atomic mass is 16.5. The van der Waals surface area contributed by atoms with Crippen molar-refractivity contribution in [3.63, 3.8) is 0 Å². The van der Waals surface area contributed by atoms with Crippen LogP contribution in [-0.4, -0.2) is 40.7 Å². The van der Waals surface area contributed by atoms with E-state index in [0.29, 0.717) is 18.2 Å². The Hall–Kier alpha value is -2.67. The summed E-state index contributed by atoms with van der Waals surface area (Å²) in [5.41, 5.74) is 1.39. The molecule has 0 saturated carbocycles. The lowest BCUT2D eigenvalue weighted by molar-refractivity contribution is 0.0874. The molecule has 7 nitrogen and oxygen atoms in total. The number of H-pyrrole nitrogens is 1. The van der Waals surface area contributed by atoms with Crippen LogP contribution in [0.1, 0.15) is 18.5 Å². The number of benzene rings is 1. The van der Waals surface area contributed by atoms with Gasteiger partial charge in [0.2, 0.25) is 11.8 Å². The van der Waals surface area contributed by atoms with Crippen molar-refractivity contribution >= 4 is 24.1 Å². The Morgan fingerprint density at radius 1 is 1.39 bits per heavy atom. The summed E-state index contributed by atoms with van der Waals surface area (Å²) in [6.45, 7) is 1.47. The molecule has 3 N–H and O–H groups in total. The van der Waals surface area contributed by atoms with E-state index in [9.17, 15) is 5.11 Å². The van der Waals surface area contributed by atoms with Crippen molar-refractivity contribution in [2.24, 2.45) is 9.98 Å². The summed E-state index contributed by atoms with van der Waals surface area (Å²) in [5, 5.41) is 15.1. The highest BCUT2D eigenvalue weighted by Crippen LogP contribution is 2.19. The zero-order valence-corrected chi connectivity index (χ0v) is 12.5. The number of aromatic amines is 1. The van der Waals surface area contributed by atoms with Gasteiger partial charge < -0.3 is 20.1 Å². The molecule has 1 aromatic heterocycles. The average Bonchev–Trinajstić information content (AvgIpc) is 3.15. The number of aromatic nitrogens is 2. The SMILES string of the molecule is Oc1nc(N[C@H]2CCCOC2)[nH]c1/C=c1\ccc2c(c1)N=CN=2. The van der Waals surface area contributed by atoms with Crippen molar-refractivity contribution in [3.05, 3.63) is 34.5 Å². The van der Waals surface area contributed by atoms with Gasteiger partial charge in [0.25, 0.3) is 0 Å². The Balaban J connectivity index is 1.58. The maximum absolute atomic E-state index is 10.0. The first-order chi connectivity index (χ1) is 11.3. The fraction of sp³-hybridized carbons (Fsp3) is 0.312. The third kappa shape index (κ3) is 2.95. The van der Waals surface area contributed by atoms with Crippen LogP contribution < -0.4 is 15.9 Å². The van der Waals surface area contributed by atoms with Gasteiger partial charge in [-0.3, -0.25) is 0 Å². The largest absolute Gasteiger partial charge is 0.492 e. The van der Waals surface area contributed by atoms with Crippen molar-refractivity contribution in [1.82, 2.24) is 9.97 Å². The molecule has 2 aliphatic heterocycles. The molecule has 1 fully saturated rings. The van der Waals surface area contributed by atoms with E-state index in [1.165, 1.54) is 6.34 Å². The molecular weight excluding hydrogens is 294 g/mol. The lowest BCUT2D eigenvalue weighted by Crippen LogP contribution is -2.30. The topological polar surface area (TPSA) is 94.9 Å². The van der Waals surface area contributed by atoms with Crippen LogP contribution in [0.25, 0.3) is 6.08 Å². The van der Waals surface area contributed by atoms with Crippen LogP contribution in [0.2, 0.25) is 0 Å². The second kappa shape index (κ2) is 5.85. The summed E-state index contributed by atoms with van der Waals surface area (Å²) in [4.78, 5) is 15.5. The van der Waals surface area contributed by atoms with Crippen LogP contribution >= 0.6 is 0 Å². The van der Waals surface area contributed by atoms with Gasteiger partial charge in [0.05, 0.1) is 23.7 Å². The van der Waals surface area contributed by atoms with E-state index in [1.54, 1.807) is 0 Å². The molecule has 118 valence electrons. The smallest absolute Gasteiger partial charge is 0.238 e. The van der Waals surface area contributed by atoms with Crippen LogP contribution in [-0.2, 0) is 4.74 Å². The normalized spacial score (nSPS) is 20.3. The van der Waals surface area contributed by atoms with Gasteiger partial charge in [-0.1, -0.05) is 6.07 Å². The van der Waals surface area contributed by atoms with Crippen molar-refractivity contribution in [2.75, 3.05) is 18.5 Å². The summed E-state index contributed by atoms with van der Waals surface area (Å²) in [5.74, 6) is 0.524. The monoisotopic (exact) mass is 311 g/mol. The molecule has 7 heteroatoms. The highest BCUT2D eigenvalue weighted by molar-refractivity contribution is 5.67. The van der Waals surface area contributed by atoms with Crippen LogP contribution in [0.4, 0.5) is 11.6 Å². The molecule has 2 aromatic rings. The number of aliphatic imine (C=N–C) groups is 1. The number of imidazole rings is 1. The van der Waals surface area contributed by atoms with Crippen molar-refractivity contribution in [1.29, 1.82) is 0 Å². The minimum atomic E-state index is -0.0297. The Morgan fingerprint density at radius 2 is 2.35 bits per heavy atom. The van der Waals surface area contributed by atoms with Gasteiger partial charge in [-0.15, -0.1) is 0 Å². The fourth-order valence-corrected chi connectivity index (χ4v) is 2.76. The summed E-state index contributed by atoms with van der Waals surface area (Å²) in [6, 6.07) is 5.97. The predicted molar refractivity (Wildman–Crippen MR) is 86.7 cm³/mol. The zero-order chi connectivity index (χ0) is 15.6. The molecule has 23 heavy (non-hydrogen) atoms. The van der Waals surface area contributed by atoms with Gasteiger partial charge in [0.15, 0.2) is 0 Å². The van der Waals surface area contributed by atoms with Gasteiger partial charge in [0, 0.05) is 6.61 Å². The Labute approximate surface area is 132 Å². The van der Waals surface area contributed by atoms with Gasteiger partial charge in [-0.25, -0.2) is 9.98 Å². The molecule has 0 radical (unpaired) electrons. The second-order valence-electron chi connectivity index (χ2n) is 5.65. The van der Waals surface area contributed by atoms with Crippen LogP contribution in [0, 0.1) is 0 Å². The molecule has 3 heterocycles. The van der Waals surface area contributed by atoms with Gasteiger partial charge >= 0.3 is 0 Å². The minimum Gasteiger partial charge on any atom is -0.492 e. The molecule has 1 atom stereocenters. The molecule has 2 aliphatic rings. The first-order valence-electron chi connectivity index (χ1n) is 7.63. The molecule has 1 aromatic carbocycles. The van der Waals surface area contributed by atoms with Crippen LogP contribution in [0.15, 0.2) is 28.2 Å². The number of nitrogens with one attached hydrogen (secondary N) is 2. The summed E-state index contributed by atoms with van der Waals surface area (Å²) < 4.78 is 5.43. The molecule has 0 spiro atoms. The lowest BCUT2D eigenvalue weighted by Gasteiger charge is -2.22. The van der Waals surface area contributed by atoms with E-state index in [0.717, 1.165) is 35.7 Å². The average molecular weight is 311 g/mol. The molecule has 0 bridgehead atoms. The third-order valence-electron chi connectivity index (χ3n) is 3.92. The van der Waals surface area contributed by atoms with E-state index in [1.807, 2.05) is 24.3 Å². The highest BCUT2D eigenvalue weighted by Gasteiger charge is 2.16. The Kier molecular flexibility index (Phi) is 3.55. The molecule has 4 rings (SSSR count). The number of aromatic hydroxyl groups is 1. The van der Waals surface area contributed by atoms with Gasteiger partial charge in [-0.2, -0.15) is 4.98 Å². The van der Waals surface area contributed by atoms with E-state index in [2.05, 4.69) is 25.3 Å². The first-order valence-corrected chi connectivity index (χ1v) is 7.63. The summed E-state index contributed by atoms with van der Waals surface area (Å²) >= 11 is 0. The third-order valence-corrected chi connectivity index (χ3v) is 3.92. The van der Waals surface area contributed by atoms with Gasteiger partial charge in [-0.05, 0) is 36.3 Å². The molecule has 1 saturated heterocycles. The standard InChI is InChI=1S/C16H17N5O2/c22-15-14(7-10-3-4-12-13(6-10)18-9-17-12)20-16(21-15)19-11-2-1-5-23-8-11/h3-4,6-7,9,11,22H,1-2,5,8H2,(H2,19,20,21)/b10-7+/t11-/m0/s1. The number of nitrogens with zero attached hydrogens (tertiary/aromatic N) is 3. The maximum Gasteiger partial charge on any atom is 0.238 e. The van der Waals surface area contributed by atoms with E-state index in [4.69, 9.17) is 4.74 Å². The number of hydrogen-bond donors (Lipinski definition) is 3. The molecule has 0 aliphatic carbocycles. The Bertz CT molecular complexity index is 865. The van der Waals surface area contributed by atoms with E-state index in [-0.39, 0.29) is 11.9 Å². The molecular formula is C16H17N5O2. The maximum atomic E-state index is 10.0. The fourth-order valence-electron chi connectivity index (χ4n) is 2.76. The summed E-state index contributed by atoms with van der Waals surface area (Å²) in [6.07, 6.45) is 5.44. The number of anilines is 1. The number of rotatable bonds is 3. The van der Waals surface area contributed by atoms with Crippen molar-refractivity contribution in [2.45, 2.75) is 18.9 Å². The Morgan fingerprint density at radius 3 is 3.22 bits per heavy atom. The van der Waals surface area contributed by atoms with Gasteiger partial charge in [0.1, 0.15) is 12.0 Å². The van der Waals surface area contributed by atoms with Crippen molar-refractivity contribution < 1.29 is 9.84 Å².